The number of hydrogen-bond donors (Lipinski definition) is 1. The minimum atomic E-state index is 0.0881. The van der Waals surface area contributed by atoms with E-state index in [4.69, 9.17) is 4.74 Å². The Morgan fingerprint density at radius 3 is 2.18 bits per heavy atom. The Kier molecular flexibility index (Phi) is 30.5. The Labute approximate surface area is 211 Å². The predicted octanol–water partition coefficient (Wildman–Crippen LogP) is 7.21. The quantitative estimate of drug-likeness (QED) is 0.102. The summed E-state index contributed by atoms with van der Waals surface area (Å²) in [6.45, 7) is 15.1. The van der Waals surface area contributed by atoms with Crippen LogP contribution in [0.2, 0.25) is 0 Å². The van der Waals surface area contributed by atoms with E-state index in [1.165, 1.54) is 5.03 Å². The van der Waals surface area contributed by atoms with Crippen molar-refractivity contribution in [3.63, 3.8) is 0 Å². The number of rotatable bonds is 13. The first kappa shape index (κ1) is 35.7. The molecule has 33 heavy (non-hydrogen) atoms. The van der Waals surface area contributed by atoms with Gasteiger partial charge >= 0.3 is 0 Å². The van der Waals surface area contributed by atoms with Gasteiger partial charge in [-0.05, 0) is 61.4 Å². The van der Waals surface area contributed by atoms with E-state index in [1.807, 2.05) is 73.0 Å². The van der Waals surface area contributed by atoms with Crippen LogP contribution in [0.5, 0.6) is 5.75 Å². The van der Waals surface area contributed by atoms with Gasteiger partial charge in [0.15, 0.2) is 5.78 Å². The second-order valence-electron chi connectivity index (χ2n) is 6.18. The molecule has 190 valence electrons. The van der Waals surface area contributed by atoms with Gasteiger partial charge in [0.25, 0.3) is 0 Å². The summed E-state index contributed by atoms with van der Waals surface area (Å²) in [4.78, 5) is 23.0. The molecule has 0 aliphatic heterocycles. The van der Waals surface area contributed by atoms with Crippen LogP contribution in [-0.4, -0.2) is 50.1 Å². The van der Waals surface area contributed by atoms with Crippen LogP contribution < -0.4 is 10.1 Å². The van der Waals surface area contributed by atoms with Crippen LogP contribution in [0.1, 0.15) is 71.7 Å². The number of nitrogens with one attached hydrogen (secondary N) is 1. The van der Waals surface area contributed by atoms with Crippen LogP contribution in [0.15, 0.2) is 47.5 Å². The highest BCUT2D eigenvalue weighted by atomic mass is 33.1. The third-order valence-electron chi connectivity index (χ3n) is 3.46. The second-order valence-corrected chi connectivity index (χ2v) is 8.62. The summed E-state index contributed by atoms with van der Waals surface area (Å²) in [6, 6.07) is 7.27. The molecule has 1 aromatic rings. The minimum Gasteiger partial charge on any atom is -0.494 e. The number of carbonyl (C=O) groups is 2. The molecule has 5 nitrogen and oxygen atoms in total. The van der Waals surface area contributed by atoms with Crippen molar-refractivity contribution >= 4 is 33.8 Å². The van der Waals surface area contributed by atoms with Crippen molar-refractivity contribution in [2.24, 2.45) is 0 Å². The lowest BCUT2D eigenvalue weighted by Gasteiger charge is -2.15. The molecule has 0 aliphatic rings. The predicted molar refractivity (Wildman–Crippen MR) is 150 cm³/mol. The summed E-state index contributed by atoms with van der Waals surface area (Å²) >= 11 is 0. The highest BCUT2D eigenvalue weighted by Gasteiger charge is 2.00. The molecular formula is C26H46N2O3S2. The summed E-state index contributed by atoms with van der Waals surface area (Å²) in [7, 11) is 7.49. The van der Waals surface area contributed by atoms with Crippen LogP contribution in [0.4, 0.5) is 0 Å². The van der Waals surface area contributed by atoms with E-state index >= 15 is 0 Å². The van der Waals surface area contributed by atoms with Gasteiger partial charge in [-0.15, -0.1) is 0 Å². The third-order valence-corrected chi connectivity index (χ3v) is 5.98. The molecule has 0 aromatic heterocycles. The lowest BCUT2D eigenvalue weighted by molar-refractivity contribution is -0.109. The lowest BCUT2D eigenvalue weighted by atomic mass is 10.1. The fourth-order valence-corrected chi connectivity index (χ4v) is 3.98. The molecule has 0 saturated carbocycles. The fraction of sp³-hybridized carbons (Fsp3) is 0.538. The molecule has 0 aliphatic carbocycles. The van der Waals surface area contributed by atoms with E-state index in [1.54, 1.807) is 40.6 Å². The van der Waals surface area contributed by atoms with Crippen LogP contribution in [-0.2, 0) is 4.79 Å². The number of hydrogen-bond acceptors (Lipinski definition) is 6. The number of unbranched alkanes of at least 4 members (excludes halogenated alkanes) is 1. The fourth-order valence-electron chi connectivity index (χ4n) is 1.81. The van der Waals surface area contributed by atoms with Gasteiger partial charge in [0.05, 0.1) is 11.6 Å². The Balaban J connectivity index is -0.000000474. The molecule has 0 atom stereocenters. The first-order valence-corrected chi connectivity index (χ1v) is 14.0. The van der Waals surface area contributed by atoms with Crippen molar-refractivity contribution in [1.82, 2.24) is 10.2 Å². The average Bonchev–Trinajstić information content (AvgIpc) is 2.84. The number of Topliss-reactive ketones (excluding diaryl/α,β-unsaturated/α-hetero) is 1. The van der Waals surface area contributed by atoms with Crippen molar-refractivity contribution in [3.8, 4) is 5.75 Å². The highest BCUT2D eigenvalue weighted by molar-refractivity contribution is 8.78. The van der Waals surface area contributed by atoms with Gasteiger partial charge in [0.1, 0.15) is 5.75 Å². The smallest absolute Gasteiger partial charge is 0.207 e. The summed E-state index contributed by atoms with van der Waals surface area (Å²) in [5, 5.41) is 3.83. The van der Waals surface area contributed by atoms with Gasteiger partial charge in [0, 0.05) is 32.0 Å². The van der Waals surface area contributed by atoms with Crippen molar-refractivity contribution in [2.75, 3.05) is 33.0 Å². The molecule has 1 amide bonds. The summed E-state index contributed by atoms with van der Waals surface area (Å²) in [5.74, 6) is 1.83. The number of ether oxygens (including phenoxy) is 1. The summed E-state index contributed by atoms with van der Waals surface area (Å²) in [6.07, 6.45) is 9.02. The van der Waals surface area contributed by atoms with E-state index in [0.29, 0.717) is 6.54 Å². The topological polar surface area (TPSA) is 58.6 Å². The number of allylic oxidation sites excluding steroid dienone is 3. The molecule has 0 saturated heterocycles. The number of benzene rings is 1. The lowest BCUT2D eigenvalue weighted by Crippen LogP contribution is -2.14. The molecular weight excluding hydrogens is 452 g/mol. The van der Waals surface area contributed by atoms with E-state index in [9.17, 15) is 9.59 Å². The standard InChI is InChI=1S/C12H16O2.C10H18N2OS2.2C2H6/c1-3-4-9-14-12-7-5-11(6-8-12)10(2)13;1-4-5-6-10(12(2)3)15-14-8-7-11-9-13;2*1-2/h5-8H,3-4,9H2,1-2H3;4-6,9H,7-8H2,1-3H3,(H,11,13);2*1-2H3/b;5-4-,10-6+;;. The largest absolute Gasteiger partial charge is 0.494 e. The molecule has 0 unspecified atom stereocenters. The van der Waals surface area contributed by atoms with Crippen molar-refractivity contribution < 1.29 is 14.3 Å². The number of nitrogens with zero attached hydrogens (tertiary/aromatic N) is 1. The molecule has 1 aromatic carbocycles. The monoisotopic (exact) mass is 498 g/mol. The Morgan fingerprint density at radius 2 is 1.73 bits per heavy atom. The molecule has 7 heteroatoms. The first-order valence-electron chi connectivity index (χ1n) is 11.7. The molecule has 0 bridgehead atoms. The maximum atomic E-state index is 11.0. The number of carbonyl (C=O) groups excluding carboxylic acids is 2. The zero-order valence-corrected chi connectivity index (χ0v) is 23.8. The van der Waals surface area contributed by atoms with Gasteiger partial charge in [-0.3, -0.25) is 9.59 Å². The Hall–Kier alpha value is -1.86. The van der Waals surface area contributed by atoms with Gasteiger partial charge in [-0.25, -0.2) is 0 Å². The normalized spacial score (nSPS) is 9.91. The van der Waals surface area contributed by atoms with E-state index in [0.717, 1.165) is 42.9 Å². The van der Waals surface area contributed by atoms with Gasteiger partial charge in [-0.2, -0.15) is 0 Å². The molecule has 0 radical (unpaired) electrons. The van der Waals surface area contributed by atoms with Gasteiger partial charge in [0.2, 0.25) is 6.41 Å². The van der Waals surface area contributed by atoms with Gasteiger partial charge < -0.3 is 15.0 Å². The highest BCUT2D eigenvalue weighted by Crippen LogP contribution is 2.30. The summed E-state index contributed by atoms with van der Waals surface area (Å²) < 4.78 is 5.47. The minimum absolute atomic E-state index is 0.0881. The van der Waals surface area contributed by atoms with E-state index in [2.05, 4.69) is 23.2 Å². The van der Waals surface area contributed by atoms with E-state index < -0.39 is 0 Å². The van der Waals surface area contributed by atoms with Crippen LogP contribution in [0.25, 0.3) is 0 Å². The maximum absolute atomic E-state index is 11.0. The number of amides is 1. The average molecular weight is 499 g/mol. The molecule has 1 rings (SSSR count). The second kappa shape index (κ2) is 28.2. The van der Waals surface area contributed by atoms with Crippen LogP contribution in [0.3, 0.4) is 0 Å². The third kappa shape index (κ3) is 23.1. The van der Waals surface area contributed by atoms with E-state index in [-0.39, 0.29) is 5.78 Å². The van der Waals surface area contributed by atoms with Crippen molar-refractivity contribution in [1.29, 1.82) is 0 Å². The van der Waals surface area contributed by atoms with Crippen molar-refractivity contribution in [3.05, 3.63) is 53.1 Å². The number of ketones is 1. The molecule has 1 N–H and O–H groups in total. The summed E-state index contributed by atoms with van der Waals surface area (Å²) in [5.41, 5.74) is 0.729. The zero-order chi connectivity index (χ0) is 25.9. The molecule has 0 heterocycles. The Bertz CT molecular complexity index is 631. The van der Waals surface area contributed by atoms with Gasteiger partial charge in [-0.1, -0.05) is 64.0 Å². The molecule has 0 fully saturated rings. The van der Waals surface area contributed by atoms with Crippen LogP contribution in [0, 0.1) is 0 Å². The van der Waals surface area contributed by atoms with Crippen LogP contribution >= 0.6 is 21.6 Å². The zero-order valence-electron chi connectivity index (χ0n) is 22.1. The Morgan fingerprint density at radius 1 is 1.12 bits per heavy atom. The first-order chi connectivity index (χ1) is 16.0. The molecule has 0 spiro atoms. The SMILES string of the molecule is C/C=C\C=C(\SSCCNC=O)N(C)C.CC.CC.CCCCOc1ccc(C(C)=O)cc1. The maximum Gasteiger partial charge on any atom is 0.207 e. The van der Waals surface area contributed by atoms with Crippen molar-refractivity contribution in [2.45, 2.75) is 61.3 Å².